The second kappa shape index (κ2) is 11.3. The number of nitrogens with one attached hydrogen (secondary N) is 2. The predicted octanol–water partition coefficient (Wildman–Crippen LogP) is 1.42. The van der Waals surface area contributed by atoms with Gasteiger partial charge >= 0.3 is 6.03 Å². The molecule has 4 amide bonds. The number of carbonyl (C=O) groups excluding carboxylic acids is 3. The van der Waals surface area contributed by atoms with Crippen LogP contribution >= 0.6 is 15.9 Å². The van der Waals surface area contributed by atoms with Crippen LogP contribution in [0.3, 0.4) is 0 Å². The molecule has 172 valence electrons. The molecule has 0 aromatic heterocycles. The summed E-state index contributed by atoms with van der Waals surface area (Å²) in [5.74, 6) is -0.587. The Hall–Kier alpha value is -2.58. The Morgan fingerprint density at radius 3 is 2.38 bits per heavy atom. The maximum absolute atomic E-state index is 12.5. The number of amides is 4. The van der Waals surface area contributed by atoms with Crippen molar-refractivity contribution >= 4 is 45.2 Å². The number of hydrogen-bond acceptors (Lipinski definition) is 4. The van der Waals surface area contributed by atoms with E-state index < -0.39 is 0 Å². The van der Waals surface area contributed by atoms with Gasteiger partial charge in [-0.05, 0) is 69.2 Å². The second-order valence-corrected chi connectivity index (χ2v) is 8.27. The number of hydrogen-bond donors (Lipinski definition) is 2. The van der Waals surface area contributed by atoms with Gasteiger partial charge in [0, 0.05) is 42.0 Å². The standard InChI is InChI=1S/C23H27BrN4O3.ClH/c1-4-27(5-2)17-8-10-20(15(3)13-17)26-23(31)25-11-6-12-28-21(29)18-9-7-16(24)14-19(18)22(28)30;/h7-10,13-14H,4-6,11-12H2,1-3H3,(H2,25,26,31);1H/p-1. The number of rotatable bonds is 8. The van der Waals surface area contributed by atoms with Gasteiger partial charge in [-0.25, -0.2) is 4.79 Å². The average molecular weight is 523 g/mol. The van der Waals surface area contributed by atoms with Crippen LogP contribution in [-0.4, -0.2) is 48.9 Å². The highest BCUT2D eigenvalue weighted by molar-refractivity contribution is 9.10. The van der Waals surface area contributed by atoms with Crippen LogP contribution in [0.25, 0.3) is 0 Å². The van der Waals surface area contributed by atoms with Crippen LogP contribution in [0.1, 0.15) is 46.5 Å². The number of aryl methyl sites for hydroxylation is 1. The second-order valence-electron chi connectivity index (χ2n) is 7.36. The van der Waals surface area contributed by atoms with Crippen LogP contribution < -0.4 is 27.9 Å². The molecular weight excluding hydrogens is 496 g/mol. The highest BCUT2D eigenvalue weighted by Gasteiger charge is 2.34. The minimum absolute atomic E-state index is 0. The van der Waals surface area contributed by atoms with Gasteiger partial charge in [0.1, 0.15) is 0 Å². The van der Waals surface area contributed by atoms with Crippen molar-refractivity contribution < 1.29 is 26.8 Å². The first-order valence-corrected chi connectivity index (χ1v) is 11.2. The summed E-state index contributed by atoms with van der Waals surface area (Å²) in [6, 6.07) is 10.7. The minimum Gasteiger partial charge on any atom is -1.00 e. The Balaban J connectivity index is 0.00000363. The van der Waals surface area contributed by atoms with Crippen LogP contribution in [0.2, 0.25) is 0 Å². The number of fused-ring (bicyclic) bond motifs is 1. The Kier molecular flexibility index (Phi) is 9.09. The molecule has 1 aliphatic rings. The maximum Gasteiger partial charge on any atom is 0.319 e. The molecule has 2 aromatic rings. The van der Waals surface area contributed by atoms with Crippen molar-refractivity contribution in [3.63, 3.8) is 0 Å². The van der Waals surface area contributed by atoms with Crippen molar-refractivity contribution in [2.24, 2.45) is 0 Å². The summed E-state index contributed by atoms with van der Waals surface area (Å²) in [5, 5.41) is 5.64. The molecule has 1 heterocycles. The number of urea groups is 1. The van der Waals surface area contributed by atoms with Gasteiger partial charge < -0.3 is 27.9 Å². The summed E-state index contributed by atoms with van der Waals surface area (Å²) in [7, 11) is 0. The topological polar surface area (TPSA) is 81.8 Å². The fourth-order valence-corrected chi connectivity index (χ4v) is 4.01. The van der Waals surface area contributed by atoms with Gasteiger partial charge in [-0.3, -0.25) is 14.5 Å². The van der Waals surface area contributed by atoms with Gasteiger partial charge in [0.15, 0.2) is 0 Å². The normalized spacial score (nSPS) is 12.3. The Morgan fingerprint density at radius 2 is 1.72 bits per heavy atom. The molecule has 0 aliphatic carbocycles. The first kappa shape index (κ1) is 25.7. The van der Waals surface area contributed by atoms with Gasteiger partial charge in [0.05, 0.1) is 11.1 Å². The Bertz CT molecular complexity index is 1010. The zero-order valence-electron chi connectivity index (χ0n) is 18.4. The van der Waals surface area contributed by atoms with Crippen molar-refractivity contribution in [3.8, 4) is 0 Å². The monoisotopic (exact) mass is 521 g/mol. The molecule has 3 rings (SSSR count). The molecule has 0 unspecified atom stereocenters. The van der Waals surface area contributed by atoms with E-state index in [1.165, 1.54) is 4.90 Å². The van der Waals surface area contributed by atoms with E-state index in [1.807, 2.05) is 19.1 Å². The maximum atomic E-state index is 12.5. The number of benzene rings is 2. The van der Waals surface area contributed by atoms with E-state index in [1.54, 1.807) is 18.2 Å². The lowest BCUT2D eigenvalue weighted by Crippen LogP contribution is -3.00. The molecule has 2 aromatic carbocycles. The summed E-state index contributed by atoms with van der Waals surface area (Å²) in [4.78, 5) is 40.6. The van der Waals surface area contributed by atoms with Crippen LogP contribution in [0.15, 0.2) is 40.9 Å². The largest absolute Gasteiger partial charge is 1.00 e. The van der Waals surface area contributed by atoms with E-state index in [4.69, 9.17) is 0 Å². The molecule has 0 bridgehead atoms. The number of nitrogens with zero attached hydrogens (tertiary/aromatic N) is 2. The van der Waals surface area contributed by atoms with Crippen molar-refractivity contribution in [2.45, 2.75) is 27.2 Å². The molecule has 0 saturated carbocycles. The zero-order chi connectivity index (χ0) is 22.5. The van der Waals surface area contributed by atoms with E-state index in [-0.39, 0.29) is 36.8 Å². The van der Waals surface area contributed by atoms with Crippen molar-refractivity contribution in [2.75, 3.05) is 36.4 Å². The quantitative estimate of drug-likeness (QED) is 0.406. The molecule has 0 fully saturated rings. The van der Waals surface area contributed by atoms with Crippen LogP contribution in [0, 0.1) is 6.92 Å². The summed E-state index contributed by atoms with van der Waals surface area (Å²) in [6.45, 7) is 8.63. The predicted molar refractivity (Wildman–Crippen MR) is 126 cm³/mol. The van der Waals surface area contributed by atoms with Gasteiger partial charge in [-0.2, -0.15) is 0 Å². The SMILES string of the molecule is CCN(CC)c1ccc(NC(=O)NCCCN2C(=O)c3ccc(Br)cc3C2=O)c(C)c1.[Cl-]. The van der Waals surface area contributed by atoms with Gasteiger partial charge in [0.2, 0.25) is 0 Å². The van der Waals surface area contributed by atoms with Gasteiger partial charge in [0.25, 0.3) is 11.8 Å². The van der Waals surface area contributed by atoms with Crippen molar-refractivity contribution in [1.29, 1.82) is 0 Å². The molecule has 7 nitrogen and oxygen atoms in total. The van der Waals surface area contributed by atoms with E-state index >= 15 is 0 Å². The fraction of sp³-hybridized carbons (Fsp3) is 0.348. The molecule has 32 heavy (non-hydrogen) atoms. The van der Waals surface area contributed by atoms with Gasteiger partial charge in [-0.1, -0.05) is 15.9 Å². The van der Waals surface area contributed by atoms with E-state index in [9.17, 15) is 14.4 Å². The first-order valence-electron chi connectivity index (χ1n) is 10.4. The van der Waals surface area contributed by atoms with E-state index in [0.717, 1.165) is 34.5 Å². The summed E-state index contributed by atoms with van der Waals surface area (Å²) >= 11 is 3.32. The highest BCUT2D eigenvalue weighted by Crippen LogP contribution is 2.26. The summed E-state index contributed by atoms with van der Waals surface area (Å²) in [6.07, 6.45) is 0.472. The third kappa shape index (κ3) is 5.61. The number of carbonyl (C=O) groups is 3. The third-order valence-corrected chi connectivity index (χ3v) is 5.86. The van der Waals surface area contributed by atoms with Crippen LogP contribution in [-0.2, 0) is 0 Å². The Morgan fingerprint density at radius 1 is 1.03 bits per heavy atom. The smallest absolute Gasteiger partial charge is 0.319 e. The lowest BCUT2D eigenvalue weighted by molar-refractivity contribution is -0.0000329. The lowest BCUT2D eigenvalue weighted by Gasteiger charge is -2.22. The van der Waals surface area contributed by atoms with Gasteiger partial charge in [-0.15, -0.1) is 0 Å². The number of halogens is 2. The molecule has 0 saturated heterocycles. The molecule has 0 spiro atoms. The summed E-state index contributed by atoms with van der Waals surface area (Å²) < 4.78 is 0.757. The van der Waals surface area contributed by atoms with E-state index in [0.29, 0.717) is 24.1 Å². The molecule has 0 radical (unpaired) electrons. The van der Waals surface area contributed by atoms with Crippen molar-refractivity contribution in [3.05, 3.63) is 57.6 Å². The lowest BCUT2D eigenvalue weighted by atomic mass is 10.1. The third-order valence-electron chi connectivity index (χ3n) is 5.36. The first-order chi connectivity index (χ1) is 14.8. The summed E-state index contributed by atoms with van der Waals surface area (Å²) in [5.41, 5.74) is 3.69. The number of imide groups is 1. The van der Waals surface area contributed by atoms with Crippen LogP contribution in [0.4, 0.5) is 16.2 Å². The Labute approximate surface area is 203 Å². The average Bonchev–Trinajstić information content (AvgIpc) is 2.98. The number of anilines is 2. The molecule has 2 N–H and O–H groups in total. The van der Waals surface area contributed by atoms with E-state index in [2.05, 4.69) is 51.4 Å². The molecular formula is C23H27BrClN4O3-. The zero-order valence-corrected chi connectivity index (χ0v) is 20.7. The highest BCUT2D eigenvalue weighted by atomic mass is 79.9. The van der Waals surface area contributed by atoms with Crippen molar-refractivity contribution in [1.82, 2.24) is 10.2 Å². The minimum atomic E-state index is -0.315. The fourth-order valence-electron chi connectivity index (χ4n) is 3.65. The molecule has 1 aliphatic heterocycles. The van der Waals surface area contributed by atoms with Crippen LogP contribution in [0.5, 0.6) is 0 Å². The molecule has 9 heteroatoms. The molecule has 0 atom stereocenters.